The average Bonchev–Trinajstić information content (AvgIpc) is 2.00. The standard InChI is InChI=1S/C8H13F3O3S/c9-8(10,11)7-3-1-6(2-4-7)5-15(12,13)14/h6-7H,1-5H2,(H,12,13,14). The monoisotopic (exact) mass is 246 g/mol. The number of alkyl halides is 3. The van der Waals surface area contributed by atoms with Gasteiger partial charge in [-0.3, -0.25) is 4.55 Å². The molecule has 0 aromatic rings. The van der Waals surface area contributed by atoms with Gasteiger partial charge in [0.05, 0.1) is 11.7 Å². The second-order valence-corrected chi connectivity index (χ2v) is 5.51. The van der Waals surface area contributed by atoms with E-state index in [1.807, 2.05) is 0 Å². The highest BCUT2D eigenvalue weighted by molar-refractivity contribution is 7.85. The Morgan fingerprint density at radius 1 is 1.13 bits per heavy atom. The van der Waals surface area contributed by atoms with Crippen molar-refractivity contribution < 1.29 is 26.1 Å². The van der Waals surface area contributed by atoms with Gasteiger partial charge in [0, 0.05) is 0 Å². The number of rotatable bonds is 2. The van der Waals surface area contributed by atoms with Crippen LogP contribution in [0.25, 0.3) is 0 Å². The highest BCUT2D eigenvalue weighted by Gasteiger charge is 2.41. The maximum atomic E-state index is 12.2. The zero-order valence-electron chi connectivity index (χ0n) is 8.00. The highest BCUT2D eigenvalue weighted by atomic mass is 32.2. The Morgan fingerprint density at radius 3 is 1.93 bits per heavy atom. The zero-order valence-corrected chi connectivity index (χ0v) is 8.81. The van der Waals surface area contributed by atoms with Crippen LogP contribution in [0.5, 0.6) is 0 Å². The van der Waals surface area contributed by atoms with Gasteiger partial charge in [-0.05, 0) is 31.6 Å². The quantitative estimate of drug-likeness (QED) is 0.760. The van der Waals surface area contributed by atoms with Crippen LogP contribution in [-0.4, -0.2) is 24.9 Å². The summed E-state index contributed by atoms with van der Waals surface area (Å²) in [5.74, 6) is -2.06. The molecule has 0 aliphatic heterocycles. The molecular weight excluding hydrogens is 233 g/mol. The summed E-state index contributed by atoms with van der Waals surface area (Å²) in [6.45, 7) is 0. The van der Waals surface area contributed by atoms with Crippen molar-refractivity contribution in [2.75, 3.05) is 5.75 Å². The molecule has 15 heavy (non-hydrogen) atoms. The summed E-state index contributed by atoms with van der Waals surface area (Å²) in [7, 11) is -4.06. The summed E-state index contributed by atoms with van der Waals surface area (Å²) < 4.78 is 66.3. The lowest BCUT2D eigenvalue weighted by Crippen LogP contribution is -2.29. The smallest absolute Gasteiger partial charge is 0.286 e. The normalized spacial score (nSPS) is 29.1. The second-order valence-electron chi connectivity index (χ2n) is 4.01. The van der Waals surface area contributed by atoms with Crippen LogP contribution in [0.4, 0.5) is 13.2 Å². The largest absolute Gasteiger partial charge is 0.391 e. The van der Waals surface area contributed by atoms with Gasteiger partial charge < -0.3 is 0 Å². The lowest BCUT2D eigenvalue weighted by Gasteiger charge is -2.29. The topological polar surface area (TPSA) is 54.4 Å². The second kappa shape index (κ2) is 4.29. The molecule has 0 saturated heterocycles. The minimum atomic E-state index is -4.18. The maximum absolute atomic E-state index is 12.2. The minimum absolute atomic E-state index is 0.0380. The molecule has 0 heterocycles. The Labute approximate surface area is 86.4 Å². The van der Waals surface area contributed by atoms with E-state index in [9.17, 15) is 21.6 Å². The van der Waals surface area contributed by atoms with Crippen molar-refractivity contribution in [3.05, 3.63) is 0 Å². The molecule has 3 nitrogen and oxygen atoms in total. The lowest BCUT2D eigenvalue weighted by molar-refractivity contribution is -0.183. The van der Waals surface area contributed by atoms with Crippen LogP contribution in [-0.2, 0) is 10.1 Å². The van der Waals surface area contributed by atoms with Gasteiger partial charge in [0.1, 0.15) is 0 Å². The molecule has 1 saturated carbocycles. The Kier molecular flexibility index (Phi) is 3.65. The fourth-order valence-electron chi connectivity index (χ4n) is 1.95. The van der Waals surface area contributed by atoms with Crippen LogP contribution in [0.15, 0.2) is 0 Å². The van der Waals surface area contributed by atoms with Gasteiger partial charge in [0.2, 0.25) is 0 Å². The fraction of sp³-hybridized carbons (Fsp3) is 1.00. The van der Waals surface area contributed by atoms with Gasteiger partial charge in [-0.1, -0.05) is 0 Å². The van der Waals surface area contributed by atoms with E-state index in [0.29, 0.717) is 0 Å². The Balaban J connectivity index is 2.43. The van der Waals surface area contributed by atoms with E-state index in [-0.39, 0.29) is 31.6 Å². The van der Waals surface area contributed by atoms with Crippen molar-refractivity contribution in [2.24, 2.45) is 11.8 Å². The van der Waals surface area contributed by atoms with E-state index < -0.39 is 28.0 Å². The van der Waals surface area contributed by atoms with E-state index in [0.717, 1.165) is 0 Å². The van der Waals surface area contributed by atoms with E-state index in [4.69, 9.17) is 4.55 Å². The molecule has 0 unspecified atom stereocenters. The van der Waals surface area contributed by atoms with E-state index in [1.165, 1.54) is 0 Å². The van der Waals surface area contributed by atoms with Crippen molar-refractivity contribution in [2.45, 2.75) is 31.9 Å². The van der Waals surface area contributed by atoms with Crippen molar-refractivity contribution in [3.63, 3.8) is 0 Å². The molecule has 0 aromatic heterocycles. The van der Waals surface area contributed by atoms with E-state index in [2.05, 4.69) is 0 Å². The van der Waals surface area contributed by atoms with Crippen LogP contribution in [0, 0.1) is 11.8 Å². The summed E-state index contributed by atoms with van der Waals surface area (Å²) in [5.41, 5.74) is 0. The number of halogens is 3. The Morgan fingerprint density at radius 2 is 1.60 bits per heavy atom. The van der Waals surface area contributed by atoms with Crippen LogP contribution >= 0.6 is 0 Å². The first-order valence-electron chi connectivity index (χ1n) is 4.70. The summed E-state index contributed by atoms with van der Waals surface area (Å²) in [6, 6.07) is 0. The fourth-order valence-corrected chi connectivity index (χ4v) is 2.88. The van der Waals surface area contributed by atoms with Gasteiger partial charge in [0.25, 0.3) is 10.1 Å². The summed E-state index contributed by atoms with van der Waals surface area (Å²) in [4.78, 5) is 0. The molecular formula is C8H13F3O3S. The predicted molar refractivity (Wildman–Crippen MR) is 47.9 cm³/mol. The third-order valence-corrected chi connectivity index (χ3v) is 3.65. The third-order valence-electron chi connectivity index (χ3n) is 2.76. The molecule has 0 amide bonds. The lowest BCUT2D eigenvalue weighted by atomic mass is 9.82. The highest BCUT2D eigenvalue weighted by Crippen LogP contribution is 2.39. The zero-order chi connectivity index (χ0) is 11.7. The first kappa shape index (κ1) is 12.8. The first-order chi connectivity index (χ1) is 6.68. The SMILES string of the molecule is O=S(=O)(O)CC1CCC(C(F)(F)F)CC1. The third kappa shape index (κ3) is 4.38. The first-order valence-corrected chi connectivity index (χ1v) is 6.31. The molecule has 90 valence electrons. The van der Waals surface area contributed by atoms with Gasteiger partial charge in [-0.15, -0.1) is 0 Å². The van der Waals surface area contributed by atoms with Crippen LogP contribution in [0.1, 0.15) is 25.7 Å². The molecule has 1 aliphatic carbocycles. The number of hydrogen-bond acceptors (Lipinski definition) is 2. The predicted octanol–water partition coefficient (Wildman–Crippen LogP) is 2.24. The summed E-state index contributed by atoms with van der Waals surface area (Å²) in [5, 5.41) is 0. The van der Waals surface area contributed by atoms with Gasteiger partial charge in [-0.2, -0.15) is 21.6 Å². The molecule has 0 atom stereocenters. The molecule has 1 fully saturated rings. The summed E-state index contributed by atoms with van der Waals surface area (Å²) >= 11 is 0. The van der Waals surface area contributed by atoms with E-state index in [1.54, 1.807) is 0 Å². The van der Waals surface area contributed by atoms with Gasteiger partial charge in [-0.25, -0.2) is 0 Å². The van der Waals surface area contributed by atoms with Crippen LogP contribution in [0.2, 0.25) is 0 Å². The Bertz CT molecular complexity index is 302. The minimum Gasteiger partial charge on any atom is -0.286 e. The maximum Gasteiger partial charge on any atom is 0.391 e. The molecule has 0 radical (unpaired) electrons. The van der Waals surface area contributed by atoms with Crippen LogP contribution < -0.4 is 0 Å². The van der Waals surface area contributed by atoms with Gasteiger partial charge >= 0.3 is 6.18 Å². The average molecular weight is 246 g/mol. The summed E-state index contributed by atoms with van der Waals surface area (Å²) in [6.07, 6.45) is -3.83. The molecule has 1 aliphatic rings. The molecule has 0 aromatic carbocycles. The van der Waals surface area contributed by atoms with Crippen molar-refractivity contribution in [1.82, 2.24) is 0 Å². The number of hydrogen-bond donors (Lipinski definition) is 1. The molecule has 0 spiro atoms. The van der Waals surface area contributed by atoms with Crippen LogP contribution in [0.3, 0.4) is 0 Å². The Hall–Kier alpha value is -0.300. The molecule has 7 heteroatoms. The van der Waals surface area contributed by atoms with Crippen molar-refractivity contribution in [1.29, 1.82) is 0 Å². The van der Waals surface area contributed by atoms with Crippen molar-refractivity contribution >= 4 is 10.1 Å². The molecule has 1 N–H and O–H groups in total. The van der Waals surface area contributed by atoms with Crippen molar-refractivity contribution in [3.8, 4) is 0 Å². The molecule has 1 rings (SSSR count). The van der Waals surface area contributed by atoms with Gasteiger partial charge in [0.15, 0.2) is 0 Å². The van der Waals surface area contributed by atoms with E-state index >= 15 is 0 Å². The molecule has 0 bridgehead atoms.